The van der Waals surface area contributed by atoms with E-state index < -0.39 is 21.0 Å². The highest BCUT2D eigenvalue weighted by atomic mass is 32.2. The number of amides is 2. The lowest BCUT2D eigenvalue weighted by atomic mass is 9.98. The van der Waals surface area contributed by atoms with Crippen LogP contribution >= 0.6 is 0 Å². The van der Waals surface area contributed by atoms with Gasteiger partial charge in [-0.05, 0) is 87.1 Å². The third kappa shape index (κ3) is 7.63. The topological polar surface area (TPSA) is 125 Å². The van der Waals surface area contributed by atoms with Crippen molar-refractivity contribution in [2.24, 2.45) is 0 Å². The molecule has 2 aliphatic rings. The van der Waals surface area contributed by atoms with Gasteiger partial charge in [0, 0.05) is 37.4 Å². The molecule has 1 atom stereocenters. The molecule has 2 fully saturated rings. The average molecular weight is 670 g/mol. The Kier molecular flexibility index (Phi) is 9.19. The number of imidazole rings is 1. The van der Waals surface area contributed by atoms with E-state index in [0.29, 0.717) is 37.4 Å². The lowest BCUT2D eigenvalue weighted by Gasteiger charge is -2.34. The molecule has 3 aromatic carbocycles. The van der Waals surface area contributed by atoms with Crippen molar-refractivity contribution in [2.45, 2.75) is 58.2 Å². The molecular weight excluding hydrogens is 627 g/mol. The zero-order valence-corrected chi connectivity index (χ0v) is 28.8. The fraction of sp³-hybridized carbons (Fsp3) is 0.378. The van der Waals surface area contributed by atoms with Gasteiger partial charge in [0.05, 0.1) is 23.4 Å². The van der Waals surface area contributed by atoms with E-state index in [1.165, 1.54) is 0 Å². The van der Waals surface area contributed by atoms with Crippen LogP contribution in [-0.2, 0) is 26.7 Å². The summed E-state index contributed by atoms with van der Waals surface area (Å²) in [6.07, 6.45) is 3.14. The van der Waals surface area contributed by atoms with Gasteiger partial charge >= 0.3 is 6.09 Å². The van der Waals surface area contributed by atoms with Gasteiger partial charge in [0.2, 0.25) is 0 Å². The number of carbonyl (C=O) groups excluding carboxylic acids is 2. The molecule has 3 heterocycles. The molecule has 0 aliphatic carbocycles. The molecule has 11 heteroatoms. The largest absolute Gasteiger partial charge is 0.444 e. The minimum absolute atomic E-state index is 0.201. The summed E-state index contributed by atoms with van der Waals surface area (Å²) in [6, 6.07) is 23.3. The van der Waals surface area contributed by atoms with Crippen molar-refractivity contribution in [3.63, 3.8) is 0 Å². The molecule has 2 N–H and O–H groups in total. The maximum Gasteiger partial charge on any atom is 0.411 e. The zero-order chi connectivity index (χ0) is 34.1. The van der Waals surface area contributed by atoms with Gasteiger partial charge in [-0.2, -0.15) is 0 Å². The fourth-order valence-corrected chi connectivity index (χ4v) is 7.58. The van der Waals surface area contributed by atoms with E-state index in [2.05, 4.69) is 20.2 Å². The Balaban J connectivity index is 1.09. The van der Waals surface area contributed by atoms with Crippen molar-refractivity contribution < 1.29 is 22.7 Å². The molecule has 10 nitrogen and oxygen atoms in total. The van der Waals surface area contributed by atoms with Crippen LogP contribution in [0.25, 0.3) is 22.4 Å². The first kappa shape index (κ1) is 33.4. The molecule has 2 aliphatic heterocycles. The van der Waals surface area contributed by atoms with E-state index in [1.807, 2.05) is 94.4 Å². The number of anilines is 1. The van der Waals surface area contributed by atoms with Crippen LogP contribution in [-0.4, -0.2) is 76.9 Å². The minimum atomic E-state index is -2.91. The molecule has 0 spiro atoms. The van der Waals surface area contributed by atoms with Crippen LogP contribution in [0.3, 0.4) is 0 Å². The Labute approximate surface area is 282 Å². The first-order valence-corrected chi connectivity index (χ1v) is 18.2. The summed E-state index contributed by atoms with van der Waals surface area (Å²) in [6.45, 7) is 10.0. The number of aromatic amines is 1. The predicted molar refractivity (Wildman–Crippen MR) is 187 cm³/mol. The number of rotatable bonds is 7. The van der Waals surface area contributed by atoms with Crippen molar-refractivity contribution in [2.75, 3.05) is 36.5 Å². The van der Waals surface area contributed by atoms with E-state index in [4.69, 9.17) is 4.74 Å². The Bertz CT molecular complexity index is 1880. The summed E-state index contributed by atoms with van der Waals surface area (Å²) in [7, 11) is -2.91. The normalized spacial score (nSPS) is 19.6. The molecule has 0 bridgehead atoms. The maximum atomic E-state index is 13.2. The van der Waals surface area contributed by atoms with Crippen LogP contribution in [0.1, 0.15) is 62.3 Å². The standard InChI is InChI=1S/C37H43N5O5S/c1-36(2,3)47-35(44)42-18-6-17-37(42,4)34-38-24-32(40-34)28-13-11-27(12-14-28)29-7-5-8-30(23-29)33(43)39-31-15-9-26(10-16-31)25-41-19-21-48(45,46)22-20-41/h5,7-16,23-24H,6,17-22,25H2,1-4H3,(H,38,40)(H,39,43). The second-order valence-electron chi connectivity index (χ2n) is 13.9. The summed E-state index contributed by atoms with van der Waals surface area (Å²) in [5.74, 6) is 0.936. The molecular formula is C37H43N5O5S. The van der Waals surface area contributed by atoms with Gasteiger partial charge in [-0.15, -0.1) is 0 Å². The van der Waals surface area contributed by atoms with E-state index in [0.717, 1.165) is 46.6 Å². The summed E-state index contributed by atoms with van der Waals surface area (Å²) in [5.41, 5.74) is 4.88. The lowest BCUT2D eigenvalue weighted by molar-refractivity contribution is 0.00865. The second-order valence-corrected chi connectivity index (χ2v) is 16.2. The van der Waals surface area contributed by atoms with E-state index >= 15 is 0 Å². The number of sulfone groups is 1. The number of hydrogen-bond acceptors (Lipinski definition) is 7. The number of aromatic nitrogens is 2. The number of ether oxygens (including phenoxy) is 1. The first-order chi connectivity index (χ1) is 22.8. The number of H-pyrrole nitrogens is 1. The molecule has 2 amide bonds. The molecule has 1 unspecified atom stereocenters. The van der Waals surface area contributed by atoms with Crippen molar-refractivity contribution in [1.29, 1.82) is 0 Å². The molecule has 0 radical (unpaired) electrons. The van der Waals surface area contributed by atoms with Gasteiger partial charge in [0.25, 0.3) is 5.91 Å². The van der Waals surface area contributed by atoms with Crippen molar-refractivity contribution in [3.8, 4) is 22.4 Å². The maximum absolute atomic E-state index is 13.2. The number of benzene rings is 3. The summed E-state index contributed by atoms with van der Waals surface area (Å²) in [4.78, 5) is 38.2. The smallest absolute Gasteiger partial charge is 0.411 e. The molecule has 4 aromatic rings. The summed E-state index contributed by atoms with van der Waals surface area (Å²) in [5, 5.41) is 2.98. The number of nitrogens with one attached hydrogen (secondary N) is 2. The van der Waals surface area contributed by atoms with Crippen LogP contribution in [0.4, 0.5) is 10.5 Å². The van der Waals surface area contributed by atoms with Crippen molar-refractivity contribution >= 4 is 27.5 Å². The monoisotopic (exact) mass is 669 g/mol. The Morgan fingerprint density at radius 3 is 2.31 bits per heavy atom. The highest BCUT2D eigenvalue weighted by Crippen LogP contribution is 2.39. The Morgan fingerprint density at radius 2 is 1.62 bits per heavy atom. The fourth-order valence-electron chi connectivity index (χ4n) is 6.31. The van der Waals surface area contributed by atoms with Gasteiger partial charge in [-0.3, -0.25) is 14.6 Å². The highest BCUT2D eigenvalue weighted by Gasteiger charge is 2.45. The number of hydrogen-bond donors (Lipinski definition) is 2. The lowest BCUT2D eigenvalue weighted by Crippen LogP contribution is -2.46. The van der Waals surface area contributed by atoms with Crippen LogP contribution in [0, 0.1) is 0 Å². The summed E-state index contributed by atoms with van der Waals surface area (Å²) < 4.78 is 29.1. The van der Waals surface area contributed by atoms with Crippen LogP contribution in [0.5, 0.6) is 0 Å². The van der Waals surface area contributed by atoms with Gasteiger partial charge < -0.3 is 15.0 Å². The van der Waals surface area contributed by atoms with Gasteiger partial charge in [0.1, 0.15) is 17.0 Å². The van der Waals surface area contributed by atoms with E-state index in [-0.39, 0.29) is 23.5 Å². The highest BCUT2D eigenvalue weighted by molar-refractivity contribution is 7.91. The van der Waals surface area contributed by atoms with Crippen LogP contribution < -0.4 is 5.32 Å². The first-order valence-electron chi connectivity index (χ1n) is 16.4. The van der Waals surface area contributed by atoms with E-state index in [1.54, 1.807) is 17.2 Å². The molecule has 252 valence electrons. The minimum Gasteiger partial charge on any atom is -0.444 e. The average Bonchev–Trinajstić information content (AvgIpc) is 3.71. The number of carbonyl (C=O) groups is 2. The number of nitrogens with zero attached hydrogens (tertiary/aromatic N) is 3. The van der Waals surface area contributed by atoms with Crippen molar-refractivity contribution in [1.82, 2.24) is 19.8 Å². The third-order valence-electron chi connectivity index (χ3n) is 9.05. The van der Waals surface area contributed by atoms with Crippen LogP contribution in [0.2, 0.25) is 0 Å². The Hall–Kier alpha value is -4.48. The summed E-state index contributed by atoms with van der Waals surface area (Å²) >= 11 is 0. The zero-order valence-electron chi connectivity index (χ0n) is 28.0. The quantitative estimate of drug-likeness (QED) is 0.231. The molecule has 6 rings (SSSR count). The van der Waals surface area contributed by atoms with Crippen molar-refractivity contribution in [3.05, 3.63) is 95.9 Å². The number of likely N-dealkylation sites (tertiary alicyclic amines) is 1. The van der Waals surface area contributed by atoms with Gasteiger partial charge in [0.15, 0.2) is 9.84 Å². The molecule has 0 saturated carbocycles. The molecule has 48 heavy (non-hydrogen) atoms. The van der Waals surface area contributed by atoms with Gasteiger partial charge in [-0.1, -0.05) is 48.5 Å². The van der Waals surface area contributed by atoms with Crippen LogP contribution in [0.15, 0.2) is 79.0 Å². The molecule has 2 saturated heterocycles. The second kappa shape index (κ2) is 13.2. The SMILES string of the molecule is CC(C)(C)OC(=O)N1CCCC1(C)c1ncc(-c2ccc(-c3cccc(C(=O)Nc4ccc(CN5CCS(=O)(=O)CC5)cc4)c3)cc2)[nH]1. The van der Waals surface area contributed by atoms with E-state index in [9.17, 15) is 18.0 Å². The third-order valence-corrected chi connectivity index (χ3v) is 10.7. The van der Waals surface area contributed by atoms with Gasteiger partial charge in [-0.25, -0.2) is 18.2 Å². The molecule has 1 aromatic heterocycles. The predicted octanol–water partition coefficient (Wildman–Crippen LogP) is 6.47. The Morgan fingerprint density at radius 1 is 0.938 bits per heavy atom.